The number of phenolic OH excluding ortho intramolecular Hbond substituents is 1. The SMILES string of the molecule is Cc1ccc(O)c(-c2nc(C(=O)[O-])c(-c3ccccc3)s2)c1.[Na+]. The Morgan fingerprint density at radius 1 is 1.17 bits per heavy atom. The molecule has 4 nitrogen and oxygen atoms in total. The number of thiazole rings is 1. The van der Waals surface area contributed by atoms with Gasteiger partial charge < -0.3 is 15.0 Å². The number of carboxylic acids is 1. The van der Waals surface area contributed by atoms with E-state index in [1.54, 1.807) is 18.2 Å². The van der Waals surface area contributed by atoms with Gasteiger partial charge in [-0.05, 0) is 24.6 Å². The fourth-order valence-electron chi connectivity index (χ4n) is 2.18. The Morgan fingerprint density at radius 2 is 1.87 bits per heavy atom. The molecule has 0 unspecified atom stereocenters. The molecular weight excluding hydrogens is 321 g/mol. The average Bonchev–Trinajstić information content (AvgIpc) is 2.96. The van der Waals surface area contributed by atoms with E-state index in [1.165, 1.54) is 11.3 Å². The van der Waals surface area contributed by atoms with Crippen molar-refractivity contribution in [3.8, 4) is 26.8 Å². The zero-order chi connectivity index (χ0) is 15.7. The summed E-state index contributed by atoms with van der Waals surface area (Å²) < 4.78 is 0. The van der Waals surface area contributed by atoms with Crippen molar-refractivity contribution in [2.75, 3.05) is 0 Å². The molecule has 6 heteroatoms. The first-order valence-electron chi connectivity index (χ1n) is 6.64. The van der Waals surface area contributed by atoms with E-state index in [-0.39, 0.29) is 41.0 Å². The molecule has 3 aromatic rings. The van der Waals surface area contributed by atoms with E-state index < -0.39 is 5.97 Å². The van der Waals surface area contributed by atoms with Crippen LogP contribution in [0.25, 0.3) is 21.0 Å². The average molecular weight is 333 g/mol. The van der Waals surface area contributed by atoms with Crippen LogP contribution < -0.4 is 34.7 Å². The summed E-state index contributed by atoms with van der Waals surface area (Å²) in [4.78, 5) is 16.0. The zero-order valence-corrected chi connectivity index (χ0v) is 15.6. The van der Waals surface area contributed by atoms with Gasteiger partial charge in [0.1, 0.15) is 16.5 Å². The van der Waals surface area contributed by atoms with Gasteiger partial charge in [-0.3, -0.25) is 0 Å². The molecule has 0 aliphatic rings. The molecular formula is C17H12NNaO3S. The Labute approximate surface area is 159 Å². The first-order chi connectivity index (χ1) is 10.6. The van der Waals surface area contributed by atoms with Crippen molar-refractivity contribution < 1.29 is 44.6 Å². The number of carboxylic acid groups (broad SMARTS) is 1. The van der Waals surface area contributed by atoms with Crippen molar-refractivity contribution in [1.82, 2.24) is 4.98 Å². The van der Waals surface area contributed by atoms with Gasteiger partial charge in [0.2, 0.25) is 0 Å². The van der Waals surface area contributed by atoms with E-state index in [1.807, 2.05) is 37.3 Å². The van der Waals surface area contributed by atoms with Crippen LogP contribution in [0.15, 0.2) is 48.5 Å². The predicted molar refractivity (Wildman–Crippen MR) is 83.7 cm³/mol. The van der Waals surface area contributed by atoms with E-state index in [0.29, 0.717) is 15.4 Å². The minimum atomic E-state index is -1.33. The number of hydrogen-bond acceptors (Lipinski definition) is 5. The molecule has 23 heavy (non-hydrogen) atoms. The Morgan fingerprint density at radius 3 is 2.52 bits per heavy atom. The van der Waals surface area contributed by atoms with Crippen LogP contribution in [0.1, 0.15) is 16.1 Å². The van der Waals surface area contributed by atoms with E-state index in [2.05, 4.69) is 4.98 Å². The molecule has 2 aromatic carbocycles. The van der Waals surface area contributed by atoms with E-state index >= 15 is 0 Å². The second-order valence-corrected chi connectivity index (χ2v) is 5.87. The second kappa shape index (κ2) is 7.27. The minimum Gasteiger partial charge on any atom is -0.543 e. The van der Waals surface area contributed by atoms with Gasteiger partial charge in [-0.1, -0.05) is 42.0 Å². The van der Waals surface area contributed by atoms with Crippen molar-refractivity contribution in [2.45, 2.75) is 6.92 Å². The molecule has 1 heterocycles. The standard InChI is InChI=1S/C17H13NO3S.Na/c1-10-7-8-13(19)12(9-10)16-18-14(17(20)21)15(22-16)11-5-3-2-4-6-11;/h2-9,19H,1H3,(H,20,21);/q;+1/p-1. The van der Waals surface area contributed by atoms with Crippen molar-refractivity contribution in [3.63, 3.8) is 0 Å². The molecule has 0 aliphatic heterocycles. The predicted octanol–water partition coefficient (Wildman–Crippen LogP) is -0.141. The number of nitrogens with zero attached hydrogens (tertiary/aromatic N) is 1. The van der Waals surface area contributed by atoms with Crippen LogP contribution in [0.2, 0.25) is 0 Å². The minimum absolute atomic E-state index is 0. The van der Waals surface area contributed by atoms with Crippen LogP contribution in [-0.2, 0) is 0 Å². The summed E-state index contributed by atoms with van der Waals surface area (Å²) in [6, 6.07) is 14.3. The molecule has 1 aromatic heterocycles. The Hall–Kier alpha value is -1.66. The molecule has 0 amide bonds. The Kier molecular flexibility index (Phi) is 5.59. The van der Waals surface area contributed by atoms with Crippen LogP contribution in [0.4, 0.5) is 0 Å². The van der Waals surface area contributed by atoms with Crippen molar-refractivity contribution >= 4 is 17.3 Å². The fourth-order valence-corrected chi connectivity index (χ4v) is 3.26. The van der Waals surface area contributed by atoms with Crippen LogP contribution in [0.3, 0.4) is 0 Å². The van der Waals surface area contributed by atoms with Gasteiger partial charge in [-0.2, -0.15) is 0 Å². The topological polar surface area (TPSA) is 73.2 Å². The van der Waals surface area contributed by atoms with Crippen LogP contribution >= 0.6 is 11.3 Å². The number of rotatable bonds is 3. The molecule has 110 valence electrons. The molecule has 0 radical (unpaired) electrons. The molecule has 0 bridgehead atoms. The van der Waals surface area contributed by atoms with E-state index in [9.17, 15) is 15.0 Å². The Bertz CT molecular complexity index is 846. The zero-order valence-electron chi connectivity index (χ0n) is 12.7. The maximum atomic E-state index is 11.4. The number of hydrogen-bond donors (Lipinski definition) is 1. The largest absolute Gasteiger partial charge is 1.00 e. The second-order valence-electron chi connectivity index (χ2n) is 4.87. The molecule has 0 spiro atoms. The van der Waals surface area contributed by atoms with Gasteiger partial charge in [-0.15, -0.1) is 11.3 Å². The number of aromatic carboxylic acids is 1. The van der Waals surface area contributed by atoms with Crippen molar-refractivity contribution in [1.29, 1.82) is 0 Å². The fraction of sp³-hybridized carbons (Fsp3) is 0.0588. The molecule has 0 fully saturated rings. The van der Waals surface area contributed by atoms with Gasteiger partial charge in [0.15, 0.2) is 0 Å². The van der Waals surface area contributed by atoms with Crippen LogP contribution in [0.5, 0.6) is 5.75 Å². The van der Waals surface area contributed by atoms with Crippen molar-refractivity contribution in [2.24, 2.45) is 0 Å². The number of phenols is 1. The summed E-state index contributed by atoms with van der Waals surface area (Å²) in [6.45, 7) is 1.90. The van der Waals surface area contributed by atoms with E-state index in [4.69, 9.17) is 0 Å². The normalized spacial score (nSPS) is 10.1. The number of aromatic nitrogens is 1. The third kappa shape index (κ3) is 3.64. The molecule has 0 aliphatic carbocycles. The Balaban J connectivity index is 0.00000192. The van der Waals surface area contributed by atoms with Gasteiger partial charge in [-0.25, -0.2) is 4.98 Å². The van der Waals surface area contributed by atoms with Crippen molar-refractivity contribution in [3.05, 3.63) is 59.8 Å². The monoisotopic (exact) mass is 333 g/mol. The summed E-state index contributed by atoms with van der Waals surface area (Å²) in [7, 11) is 0. The summed E-state index contributed by atoms with van der Waals surface area (Å²) in [5.74, 6) is -1.25. The molecule has 0 saturated heterocycles. The molecule has 0 atom stereocenters. The van der Waals surface area contributed by atoms with E-state index in [0.717, 1.165) is 11.1 Å². The number of carbonyl (C=O) groups excluding carboxylic acids is 1. The summed E-state index contributed by atoms with van der Waals surface area (Å²) in [6.07, 6.45) is 0. The van der Waals surface area contributed by atoms with Crippen LogP contribution in [-0.4, -0.2) is 16.1 Å². The summed E-state index contributed by atoms with van der Waals surface area (Å²) in [5, 5.41) is 21.8. The molecule has 0 saturated carbocycles. The summed E-state index contributed by atoms with van der Waals surface area (Å²) >= 11 is 1.22. The molecule has 1 N–H and O–H groups in total. The number of aryl methyl sites for hydroxylation is 1. The number of benzene rings is 2. The third-order valence-electron chi connectivity index (χ3n) is 3.24. The smallest absolute Gasteiger partial charge is 0.543 e. The number of carbonyl (C=O) groups is 1. The van der Waals surface area contributed by atoms with Crippen LogP contribution in [0, 0.1) is 6.92 Å². The van der Waals surface area contributed by atoms with Gasteiger partial charge in [0.05, 0.1) is 16.4 Å². The maximum absolute atomic E-state index is 11.4. The third-order valence-corrected chi connectivity index (χ3v) is 4.38. The maximum Gasteiger partial charge on any atom is 1.00 e. The quantitative estimate of drug-likeness (QED) is 0.677. The van der Waals surface area contributed by atoms with Gasteiger partial charge in [0.25, 0.3) is 0 Å². The van der Waals surface area contributed by atoms with Gasteiger partial charge >= 0.3 is 29.6 Å². The number of aromatic hydroxyl groups is 1. The van der Waals surface area contributed by atoms with Gasteiger partial charge in [0, 0.05) is 0 Å². The molecule has 3 rings (SSSR count). The first kappa shape index (κ1) is 17.7. The first-order valence-corrected chi connectivity index (χ1v) is 7.45. The summed E-state index contributed by atoms with van der Waals surface area (Å²) in [5.41, 5.74) is 2.14.